The van der Waals surface area contributed by atoms with E-state index in [-0.39, 0.29) is 11.7 Å². The van der Waals surface area contributed by atoms with Gasteiger partial charge in [0.05, 0.1) is 11.4 Å². The molecule has 6 nitrogen and oxygen atoms in total. The van der Waals surface area contributed by atoms with Crippen LogP contribution < -0.4 is 10.2 Å². The molecule has 0 unspecified atom stereocenters. The summed E-state index contributed by atoms with van der Waals surface area (Å²) in [5, 5.41) is 12.3. The summed E-state index contributed by atoms with van der Waals surface area (Å²) in [6.45, 7) is 2.21. The van der Waals surface area contributed by atoms with E-state index in [4.69, 9.17) is 11.6 Å². The van der Waals surface area contributed by atoms with E-state index >= 15 is 0 Å². The van der Waals surface area contributed by atoms with Crippen molar-refractivity contribution < 1.29 is 4.79 Å². The van der Waals surface area contributed by atoms with Crippen molar-refractivity contribution in [1.82, 2.24) is 14.8 Å². The van der Waals surface area contributed by atoms with Gasteiger partial charge in [-0.2, -0.15) is 0 Å². The molecule has 0 atom stereocenters. The monoisotopic (exact) mass is 413 g/mol. The van der Waals surface area contributed by atoms with Gasteiger partial charge in [0.1, 0.15) is 6.33 Å². The quantitative estimate of drug-likeness (QED) is 0.612. The van der Waals surface area contributed by atoms with Gasteiger partial charge in [-0.3, -0.25) is 9.36 Å². The highest BCUT2D eigenvalue weighted by Crippen LogP contribution is 2.24. The van der Waals surface area contributed by atoms with E-state index in [1.165, 1.54) is 30.3 Å². The zero-order valence-corrected chi connectivity index (χ0v) is 16.8. The number of amides is 1. The Kier molecular flexibility index (Phi) is 5.83. The first-order chi connectivity index (χ1) is 13.7. The lowest BCUT2D eigenvalue weighted by atomic mass is 10.2. The largest absolute Gasteiger partial charge is 0.372 e. The Bertz CT molecular complexity index is 953. The van der Waals surface area contributed by atoms with Gasteiger partial charge < -0.3 is 10.2 Å². The lowest BCUT2D eigenvalue weighted by molar-refractivity contribution is -0.113. The fourth-order valence-electron chi connectivity index (χ4n) is 3.18. The Morgan fingerprint density at radius 1 is 1.11 bits per heavy atom. The number of aromatic nitrogens is 3. The molecule has 28 heavy (non-hydrogen) atoms. The number of anilines is 2. The zero-order valence-electron chi connectivity index (χ0n) is 15.2. The van der Waals surface area contributed by atoms with Gasteiger partial charge in [0.2, 0.25) is 5.91 Å². The van der Waals surface area contributed by atoms with E-state index in [0.29, 0.717) is 10.2 Å². The van der Waals surface area contributed by atoms with Crippen LogP contribution in [0.3, 0.4) is 0 Å². The maximum atomic E-state index is 12.3. The summed E-state index contributed by atoms with van der Waals surface area (Å²) >= 11 is 7.39. The Morgan fingerprint density at radius 3 is 2.64 bits per heavy atom. The Balaban J connectivity index is 1.34. The molecule has 1 aliphatic rings. The Hall–Kier alpha value is -2.51. The number of hydrogen-bond acceptors (Lipinski definition) is 5. The van der Waals surface area contributed by atoms with Crippen LogP contribution in [-0.2, 0) is 4.79 Å². The van der Waals surface area contributed by atoms with Gasteiger partial charge in [0.15, 0.2) is 5.16 Å². The summed E-state index contributed by atoms with van der Waals surface area (Å²) < 4.78 is 1.81. The second-order valence-electron chi connectivity index (χ2n) is 6.54. The molecular formula is C20H20ClN5OS. The van der Waals surface area contributed by atoms with E-state index in [1.54, 1.807) is 6.33 Å². The molecule has 2 aromatic carbocycles. The number of rotatable bonds is 6. The number of hydrogen-bond donors (Lipinski definition) is 1. The minimum Gasteiger partial charge on any atom is -0.372 e. The van der Waals surface area contributed by atoms with Crippen molar-refractivity contribution in [3.8, 4) is 5.69 Å². The van der Waals surface area contributed by atoms with Crippen molar-refractivity contribution in [2.75, 3.05) is 29.1 Å². The van der Waals surface area contributed by atoms with Crippen LogP contribution in [-0.4, -0.2) is 39.5 Å². The molecule has 1 saturated heterocycles. The smallest absolute Gasteiger partial charge is 0.234 e. The predicted molar refractivity (Wildman–Crippen MR) is 114 cm³/mol. The molecule has 3 aromatic rings. The molecule has 0 saturated carbocycles. The van der Waals surface area contributed by atoms with E-state index in [0.717, 1.165) is 24.5 Å². The third-order valence-electron chi connectivity index (χ3n) is 4.56. The fourth-order valence-corrected chi connectivity index (χ4v) is 4.10. The van der Waals surface area contributed by atoms with Crippen LogP contribution in [0.1, 0.15) is 12.8 Å². The van der Waals surface area contributed by atoms with Crippen molar-refractivity contribution in [2.45, 2.75) is 18.0 Å². The second kappa shape index (κ2) is 8.67. The number of carbonyl (C=O) groups excluding carboxylic acids is 1. The second-order valence-corrected chi connectivity index (χ2v) is 7.92. The topological polar surface area (TPSA) is 63.1 Å². The molecular weight excluding hydrogens is 394 g/mol. The van der Waals surface area contributed by atoms with E-state index in [9.17, 15) is 4.79 Å². The highest BCUT2D eigenvalue weighted by molar-refractivity contribution is 7.99. The average molecular weight is 414 g/mol. The molecule has 8 heteroatoms. The summed E-state index contributed by atoms with van der Waals surface area (Å²) in [5.41, 5.74) is 2.86. The molecule has 1 aromatic heterocycles. The number of thioether (sulfide) groups is 1. The average Bonchev–Trinajstić information content (AvgIpc) is 3.39. The highest BCUT2D eigenvalue weighted by Gasteiger charge is 2.13. The van der Waals surface area contributed by atoms with Gasteiger partial charge in [0.25, 0.3) is 0 Å². The Morgan fingerprint density at radius 2 is 1.89 bits per heavy atom. The van der Waals surface area contributed by atoms with Gasteiger partial charge in [0, 0.05) is 29.5 Å². The normalized spacial score (nSPS) is 13.7. The van der Waals surface area contributed by atoms with Crippen LogP contribution in [0.5, 0.6) is 0 Å². The van der Waals surface area contributed by atoms with Crippen molar-refractivity contribution >= 4 is 40.6 Å². The first-order valence-electron chi connectivity index (χ1n) is 9.13. The summed E-state index contributed by atoms with van der Waals surface area (Å²) in [4.78, 5) is 14.7. The number of halogens is 1. The van der Waals surface area contributed by atoms with E-state index in [1.807, 2.05) is 41.0 Å². The van der Waals surface area contributed by atoms with E-state index < -0.39 is 0 Å². The molecule has 0 aliphatic carbocycles. The zero-order chi connectivity index (χ0) is 19.3. The van der Waals surface area contributed by atoms with Crippen LogP contribution in [0, 0.1) is 0 Å². The molecule has 1 fully saturated rings. The van der Waals surface area contributed by atoms with Gasteiger partial charge in [-0.05, 0) is 55.3 Å². The number of carbonyl (C=O) groups is 1. The van der Waals surface area contributed by atoms with Crippen LogP contribution >= 0.6 is 23.4 Å². The summed E-state index contributed by atoms with van der Waals surface area (Å²) in [6.07, 6.45) is 4.11. The maximum absolute atomic E-state index is 12.3. The molecule has 2 heterocycles. The van der Waals surface area contributed by atoms with Gasteiger partial charge in [-0.25, -0.2) is 0 Å². The summed E-state index contributed by atoms with van der Waals surface area (Å²) in [6, 6.07) is 15.4. The lowest BCUT2D eigenvalue weighted by Crippen LogP contribution is -2.18. The number of nitrogens with one attached hydrogen (secondary N) is 1. The molecule has 0 bridgehead atoms. The minimum absolute atomic E-state index is 0.0837. The van der Waals surface area contributed by atoms with Crippen molar-refractivity contribution in [2.24, 2.45) is 0 Å². The molecule has 4 rings (SSSR count). The molecule has 1 N–H and O–H groups in total. The summed E-state index contributed by atoms with van der Waals surface area (Å²) in [7, 11) is 0. The van der Waals surface area contributed by atoms with Crippen molar-refractivity contribution in [3.05, 3.63) is 59.9 Å². The number of benzene rings is 2. The summed E-state index contributed by atoms with van der Waals surface area (Å²) in [5.74, 6) is 0.159. The van der Waals surface area contributed by atoms with Gasteiger partial charge >= 0.3 is 0 Å². The molecule has 0 spiro atoms. The predicted octanol–water partition coefficient (Wildman–Crippen LogP) is 4.25. The molecule has 1 amide bonds. The fraction of sp³-hybridized carbons (Fsp3) is 0.250. The van der Waals surface area contributed by atoms with Crippen molar-refractivity contribution in [1.29, 1.82) is 0 Å². The minimum atomic E-state index is -0.0837. The van der Waals surface area contributed by atoms with Crippen molar-refractivity contribution in [3.63, 3.8) is 0 Å². The molecule has 144 valence electrons. The van der Waals surface area contributed by atoms with E-state index in [2.05, 4.69) is 32.5 Å². The lowest BCUT2D eigenvalue weighted by Gasteiger charge is -2.17. The highest BCUT2D eigenvalue weighted by atomic mass is 35.5. The standard InChI is InChI=1S/C20H20ClN5OS/c21-15-4-3-5-18(12-15)26-14-22-24-20(26)28-13-19(27)23-16-6-8-17(9-7-16)25-10-1-2-11-25/h3-9,12,14H,1-2,10-11,13H2,(H,23,27). The van der Waals surface area contributed by atoms with Gasteiger partial charge in [-0.1, -0.05) is 29.4 Å². The Labute approximate surface area is 172 Å². The van der Waals surface area contributed by atoms with Crippen LogP contribution in [0.2, 0.25) is 5.02 Å². The van der Waals surface area contributed by atoms with Crippen LogP contribution in [0.25, 0.3) is 5.69 Å². The van der Waals surface area contributed by atoms with Gasteiger partial charge in [-0.15, -0.1) is 10.2 Å². The SMILES string of the molecule is O=C(CSc1nncn1-c1cccc(Cl)c1)Nc1ccc(N2CCCC2)cc1. The number of nitrogens with zero attached hydrogens (tertiary/aromatic N) is 4. The first-order valence-corrected chi connectivity index (χ1v) is 10.5. The molecule has 1 aliphatic heterocycles. The third kappa shape index (κ3) is 4.48. The molecule has 0 radical (unpaired) electrons. The van der Waals surface area contributed by atoms with Crippen LogP contribution in [0.4, 0.5) is 11.4 Å². The third-order valence-corrected chi connectivity index (χ3v) is 5.74. The van der Waals surface area contributed by atoms with Crippen LogP contribution in [0.15, 0.2) is 60.0 Å². The maximum Gasteiger partial charge on any atom is 0.234 e. The first kappa shape index (κ1) is 18.8.